The van der Waals surface area contributed by atoms with E-state index >= 15 is 0 Å². The van der Waals surface area contributed by atoms with E-state index in [-0.39, 0.29) is 5.91 Å². The average molecular weight is 287 g/mol. The minimum atomic E-state index is 0.212. The zero-order chi connectivity index (χ0) is 14.7. The highest BCUT2D eigenvalue weighted by atomic mass is 16.2. The molecule has 0 bridgehead atoms. The van der Waals surface area contributed by atoms with Gasteiger partial charge in [0.25, 0.3) is 0 Å². The fourth-order valence-corrected chi connectivity index (χ4v) is 3.07. The van der Waals surface area contributed by atoms with Crippen LogP contribution in [0, 0.1) is 0 Å². The second-order valence-corrected chi connectivity index (χ2v) is 6.01. The van der Waals surface area contributed by atoms with Crippen LogP contribution >= 0.6 is 0 Å². The van der Waals surface area contributed by atoms with E-state index in [9.17, 15) is 4.79 Å². The number of amides is 1. The van der Waals surface area contributed by atoms with Crippen LogP contribution < -0.4 is 10.2 Å². The number of benzene rings is 1. The van der Waals surface area contributed by atoms with Crippen molar-refractivity contribution in [3.8, 4) is 0 Å². The first-order valence-corrected chi connectivity index (χ1v) is 8.16. The number of carbonyl (C=O) groups excluding carboxylic acids is 1. The summed E-state index contributed by atoms with van der Waals surface area (Å²) in [5, 5.41) is 3.25. The topological polar surface area (TPSA) is 35.6 Å². The van der Waals surface area contributed by atoms with Crippen LogP contribution in [0.1, 0.15) is 32.6 Å². The molecule has 3 rings (SSSR count). The van der Waals surface area contributed by atoms with E-state index in [0.29, 0.717) is 12.6 Å². The van der Waals surface area contributed by atoms with Gasteiger partial charge in [-0.3, -0.25) is 4.79 Å². The summed E-state index contributed by atoms with van der Waals surface area (Å²) < 4.78 is 0. The van der Waals surface area contributed by atoms with Gasteiger partial charge in [-0.2, -0.15) is 0 Å². The molecule has 4 nitrogen and oxygen atoms in total. The molecule has 1 aliphatic heterocycles. The monoisotopic (exact) mass is 287 g/mol. The second-order valence-electron chi connectivity index (χ2n) is 6.01. The maximum Gasteiger partial charge on any atom is 0.242 e. The molecule has 1 aromatic rings. The molecule has 0 radical (unpaired) electrons. The van der Waals surface area contributed by atoms with Crippen LogP contribution in [0.25, 0.3) is 0 Å². The lowest BCUT2D eigenvalue weighted by molar-refractivity contribution is -0.129. The Hall–Kier alpha value is -1.71. The minimum absolute atomic E-state index is 0.212. The van der Waals surface area contributed by atoms with Crippen molar-refractivity contribution in [1.82, 2.24) is 4.90 Å². The SMILES string of the molecule is CCN(C(=O)CNc1ccc(N2CCCC2)cc1)C1CC1. The molecule has 2 fully saturated rings. The summed E-state index contributed by atoms with van der Waals surface area (Å²) in [4.78, 5) is 16.6. The average Bonchev–Trinajstić information content (AvgIpc) is 3.19. The minimum Gasteiger partial charge on any atom is -0.376 e. The van der Waals surface area contributed by atoms with Gasteiger partial charge in [0.2, 0.25) is 5.91 Å². The van der Waals surface area contributed by atoms with Gasteiger partial charge < -0.3 is 15.1 Å². The Morgan fingerprint density at radius 1 is 1.24 bits per heavy atom. The zero-order valence-corrected chi connectivity index (χ0v) is 12.8. The van der Waals surface area contributed by atoms with Crippen LogP contribution in [0.15, 0.2) is 24.3 Å². The van der Waals surface area contributed by atoms with E-state index in [4.69, 9.17) is 0 Å². The smallest absolute Gasteiger partial charge is 0.242 e. The van der Waals surface area contributed by atoms with Crippen LogP contribution in [-0.2, 0) is 4.79 Å². The number of hydrogen-bond donors (Lipinski definition) is 1. The highest BCUT2D eigenvalue weighted by Crippen LogP contribution is 2.26. The molecule has 4 heteroatoms. The molecule has 0 unspecified atom stereocenters. The van der Waals surface area contributed by atoms with Crippen molar-refractivity contribution in [1.29, 1.82) is 0 Å². The van der Waals surface area contributed by atoms with Crippen molar-refractivity contribution in [2.24, 2.45) is 0 Å². The van der Waals surface area contributed by atoms with Crippen LogP contribution in [0.4, 0.5) is 11.4 Å². The van der Waals surface area contributed by atoms with Gasteiger partial charge in [0.1, 0.15) is 0 Å². The largest absolute Gasteiger partial charge is 0.376 e. The first-order valence-electron chi connectivity index (χ1n) is 8.16. The third-order valence-electron chi connectivity index (χ3n) is 4.43. The number of hydrogen-bond acceptors (Lipinski definition) is 3. The maximum absolute atomic E-state index is 12.2. The van der Waals surface area contributed by atoms with Gasteiger partial charge in [-0.15, -0.1) is 0 Å². The molecule has 0 spiro atoms. The Balaban J connectivity index is 1.51. The van der Waals surface area contributed by atoms with Crippen molar-refractivity contribution < 1.29 is 4.79 Å². The molecule has 1 saturated carbocycles. The first-order chi connectivity index (χ1) is 10.3. The van der Waals surface area contributed by atoms with Crippen LogP contribution in [-0.4, -0.2) is 43.0 Å². The highest BCUT2D eigenvalue weighted by Gasteiger charge is 2.30. The fraction of sp³-hybridized carbons (Fsp3) is 0.588. The molecule has 1 saturated heterocycles. The van der Waals surface area contributed by atoms with Crippen LogP contribution in [0.2, 0.25) is 0 Å². The zero-order valence-electron chi connectivity index (χ0n) is 12.8. The van der Waals surface area contributed by atoms with Crippen molar-refractivity contribution in [2.45, 2.75) is 38.6 Å². The van der Waals surface area contributed by atoms with Gasteiger partial charge in [-0.05, 0) is 56.9 Å². The number of nitrogens with one attached hydrogen (secondary N) is 1. The van der Waals surface area contributed by atoms with E-state index in [0.717, 1.165) is 25.3 Å². The van der Waals surface area contributed by atoms with Crippen molar-refractivity contribution >= 4 is 17.3 Å². The summed E-state index contributed by atoms with van der Waals surface area (Å²) in [6, 6.07) is 8.96. The van der Waals surface area contributed by atoms with Gasteiger partial charge in [0, 0.05) is 37.1 Å². The Morgan fingerprint density at radius 3 is 2.48 bits per heavy atom. The summed E-state index contributed by atoms with van der Waals surface area (Å²) in [6.07, 6.45) is 4.93. The number of nitrogens with zero attached hydrogens (tertiary/aromatic N) is 2. The van der Waals surface area contributed by atoms with Crippen molar-refractivity contribution in [3.05, 3.63) is 24.3 Å². The molecule has 1 heterocycles. The molecule has 1 aromatic carbocycles. The highest BCUT2D eigenvalue weighted by molar-refractivity contribution is 5.81. The molecule has 21 heavy (non-hydrogen) atoms. The molecule has 2 aliphatic rings. The predicted octanol–water partition coefficient (Wildman–Crippen LogP) is 2.71. The Bertz CT molecular complexity index is 475. The molecule has 1 aliphatic carbocycles. The van der Waals surface area contributed by atoms with Crippen LogP contribution in [0.5, 0.6) is 0 Å². The summed E-state index contributed by atoms with van der Waals surface area (Å²) in [7, 11) is 0. The summed E-state index contributed by atoms with van der Waals surface area (Å²) in [6.45, 7) is 5.60. The van der Waals surface area contributed by atoms with Crippen molar-refractivity contribution in [2.75, 3.05) is 36.4 Å². The van der Waals surface area contributed by atoms with Gasteiger partial charge in [-0.25, -0.2) is 0 Å². The van der Waals surface area contributed by atoms with Gasteiger partial charge in [0.05, 0.1) is 6.54 Å². The normalized spacial score (nSPS) is 17.9. The van der Waals surface area contributed by atoms with Gasteiger partial charge >= 0.3 is 0 Å². The lowest BCUT2D eigenvalue weighted by atomic mass is 10.2. The van der Waals surface area contributed by atoms with E-state index in [1.165, 1.54) is 31.4 Å². The Labute approximate surface area is 127 Å². The summed E-state index contributed by atoms with van der Waals surface area (Å²) >= 11 is 0. The lowest BCUT2D eigenvalue weighted by Gasteiger charge is -2.21. The summed E-state index contributed by atoms with van der Waals surface area (Å²) in [5.74, 6) is 0.212. The molecule has 1 amide bonds. The van der Waals surface area contributed by atoms with Gasteiger partial charge in [0.15, 0.2) is 0 Å². The molecule has 0 aromatic heterocycles. The van der Waals surface area contributed by atoms with E-state index in [2.05, 4.69) is 41.4 Å². The molecule has 114 valence electrons. The van der Waals surface area contributed by atoms with E-state index in [1.54, 1.807) is 0 Å². The Kier molecular flexibility index (Phi) is 4.32. The molecule has 0 atom stereocenters. The third kappa shape index (κ3) is 3.49. The number of rotatable bonds is 6. The number of carbonyl (C=O) groups is 1. The predicted molar refractivity (Wildman–Crippen MR) is 86.8 cm³/mol. The van der Waals surface area contributed by atoms with Crippen molar-refractivity contribution in [3.63, 3.8) is 0 Å². The quantitative estimate of drug-likeness (QED) is 0.874. The Morgan fingerprint density at radius 2 is 1.90 bits per heavy atom. The van der Waals surface area contributed by atoms with E-state index < -0.39 is 0 Å². The number of likely N-dealkylation sites (N-methyl/N-ethyl adjacent to an activating group) is 1. The third-order valence-corrected chi connectivity index (χ3v) is 4.43. The van der Waals surface area contributed by atoms with Gasteiger partial charge in [-0.1, -0.05) is 0 Å². The maximum atomic E-state index is 12.2. The van der Waals surface area contributed by atoms with E-state index in [1.807, 2.05) is 4.90 Å². The fourth-order valence-electron chi connectivity index (χ4n) is 3.07. The molecular weight excluding hydrogens is 262 g/mol. The lowest BCUT2D eigenvalue weighted by Crippen LogP contribution is -2.37. The molecule has 1 N–H and O–H groups in total. The van der Waals surface area contributed by atoms with Crippen LogP contribution in [0.3, 0.4) is 0 Å². The standard InChI is InChI=1S/C17H25N3O/c1-2-20(16-9-10-16)17(21)13-18-14-5-7-15(8-6-14)19-11-3-4-12-19/h5-8,16,18H,2-4,9-13H2,1H3. The number of anilines is 2. The first kappa shape index (κ1) is 14.2. The molecular formula is C17H25N3O. The summed E-state index contributed by atoms with van der Waals surface area (Å²) in [5.41, 5.74) is 2.32. The second kappa shape index (κ2) is 6.37.